The summed E-state index contributed by atoms with van der Waals surface area (Å²) in [6.45, 7) is 2.37. The van der Waals surface area contributed by atoms with Crippen LogP contribution >= 0.6 is 12.2 Å². The number of H-pyrrole nitrogens is 1. The third kappa shape index (κ3) is 2.76. The SMILES string of the molecule is CCn1c(=S)[nH]c2cc(C(=O)N(C)c3ccccc3)ccc2c1=O. The van der Waals surface area contributed by atoms with E-state index in [1.807, 2.05) is 37.3 Å². The lowest BCUT2D eigenvalue weighted by Gasteiger charge is -2.17. The monoisotopic (exact) mass is 339 g/mol. The molecule has 0 fully saturated rings. The van der Waals surface area contributed by atoms with Crippen LogP contribution in [0.2, 0.25) is 0 Å². The number of aromatic nitrogens is 2. The zero-order valence-electron chi connectivity index (χ0n) is 13.4. The normalized spacial score (nSPS) is 10.8. The fourth-order valence-electron chi connectivity index (χ4n) is 2.64. The van der Waals surface area contributed by atoms with Gasteiger partial charge in [-0.15, -0.1) is 0 Å². The van der Waals surface area contributed by atoms with Gasteiger partial charge in [-0.2, -0.15) is 0 Å². The highest BCUT2D eigenvalue weighted by molar-refractivity contribution is 7.71. The molecule has 0 aliphatic rings. The van der Waals surface area contributed by atoms with Gasteiger partial charge in [-0.25, -0.2) is 0 Å². The highest BCUT2D eigenvalue weighted by Crippen LogP contribution is 2.17. The van der Waals surface area contributed by atoms with E-state index in [9.17, 15) is 9.59 Å². The molecule has 3 rings (SSSR count). The number of hydrogen-bond acceptors (Lipinski definition) is 3. The van der Waals surface area contributed by atoms with Crippen molar-refractivity contribution in [3.63, 3.8) is 0 Å². The lowest BCUT2D eigenvalue weighted by atomic mass is 10.1. The Labute approximate surface area is 144 Å². The molecular weight excluding hydrogens is 322 g/mol. The molecule has 1 amide bonds. The van der Waals surface area contributed by atoms with Gasteiger partial charge in [-0.1, -0.05) is 18.2 Å². The van der Waals surface area contributed by atoms with Gasteiger partial charge in [0.25, 0.3) is 11.5 Å². The Morgan fingerprint density at radius 3 is 2.58 bits per heavy atom. The van der Waals surface area contributed by atoms with Crippen molar-refractivity contribution in [2.75, 3.05) is 11.9 Å². The average molecular weight is 339 g/mol. The second kappa shape index (κ2) is 6.41. The number of amides is 1. The lowest BCUT2D eigenvalue weighted by molar-refractivity contribution is 0.0993. The Kier molecular flexibility index (Phi) is 4.31. The van der Waals surface area contributed by atoms with Crippen molar-refractivity contribution in [1.29, 1.82) is 0 Å². The average Bonchev–Trinajstić information content (AvgIpc) is 2.61. The second-order valence-corrected chi connectivity index (χ2v) is 5.83. The van der Waals surface area contributed by atoms with Crippen molar-refractivity contribution >= 4 is 34.7 Å². The quantitative estimate of drug-likeness (QED) is 0.745. The topological polar surface area (TPSA) is 58.1 Å². The molecule has 0 saturated heterocycles. The third-order valence-corrected chi connectivity index (χ3v) is 4.32. The van der Waals surface area contributed by atoms with E-state index in [0.29, 0.717) is 27.8 Å². The van der Waals surface area contributed by atoms with Gasteiger partial charge in [0.1, 0.15) is 0 Å². The van der Waals surface area contributed by atoms with E-state index in [1.165, 1.54) is 4.57 Å². The van der Waals surface area contributed by atoms with Crippen LogP contribution in [0.4, 0.5) is 5.69 Å². The zero-order valence-corrected chi connectivity index (χ0v) is 14.3. The van der Waals surface area contributed by atoms with Crippen molar-refractivity contribution in [2.24, 2.45) is 0 Å². The summed E-state index contributed by atoms with van der Waals surface area (Å²) in [5.41, 5.74) is 1.72. The molecule has 0 atom stereocenters. The van der Waals surface area contributed by atoms with Crippen LogP contribution in [0.25, 0.3) is 10.9 Å². The lowest BCUT2D eigenvalue weighted by Crippen LogP contribution is -2.26. The standard InChI is InChI=1S/C18H17N3O2S/c1-3-21-17(23)14-10-9-12(11-15(14)19-18(21)24)16(22)20(2)13-7-5-4-6-8-13/h4-11H,3H2,1-2H3,(H,19,24). The molecular formula is C18H17N3O2S. The first kappa shape index (κ1) is 16.1. The first-order valence-electron chi connectivity index (χ1n) is 7.63. The van der Waals surface area contributed by atoms with Crippen molar-refractivity contribution in [3.05, 3.63) is 69.2 Å². The summed E-state index contributed by atoms with van der Waals surface area (Å²) in [6, 6.07) is 14.4. The highest BCUT2D eigenvalue weighted by Gasteiger charge is 2.15. The minimum absolute atomic E-state index is 0.147. The van der Waals surface area contributed by atoms with Gasteiger partial charge in [0.15, 0.2) is 4.77 Å². The van der Waals surface area contributed by atoms with E-state index < -0.39 is 0 Å². The Morgan fingerprint density at radius 2 is 1.92 bits per heavy atom. The maximum atomic E-state index is 12.7. The van der Waals surface area contributed by atoms with Gasteiger partial charge in [0.05, 0.1) is 10.9 Å². The maximum Gasteiger partial charge on any atom is 0.262 e. The van der Waals surface area contributed by atoms with E-state index in [0.717, 1.165) is 5.69 Å². The number of benzene rings is 2. The van der Waals surface area contributed by atoms with Crippen LogP contribution in [-0.4, -0.2) is 22.5 Å². The molecule has 0 aliphatic heterocycles. The predicted molar refractivity (Wildman–Crippen MR) is 98.2 cm³/mol. The van der Waals surface area contributed by atoms with E-state index in [2.05, 4.69) is 4.98 Å². The molecule has 0 saturated carbocycles. The molecule has 3 aromatic rings. The number of anilines is 1. The van der Waals surface area contributed by atoms with Gasteiger partial charge in [-0.3, -0.25) is 14.2 Å². The molecule has 2 aromatic carbocycles. The van der Waals surface area contributed by atoms with Crippen LogP contribution in [0.15, 0.2) is 53.3 Å². The fraction of sp³-hybridized carbons (Fsp3) is 0.167. The smallest absolute Gasteiger partial charge is 0.262 e. The molecule has 0 spiro atoms. The van der Waals surface area contributed by atoms with Crippen molar-refractivity contribution in [3.8, 4) is 0 Å². The molecule has 0 bridgehead atoms. The number of carbonyl (C=O) groups is 1. The summed E-state index contributed by atoms with van der Waals surface area (Å²) in [4.78, 5) is 29.7. The predicted octanol–water partition coefficient (Wildman–Crippen LogP) is 3.36. The van der Waals surface area contributed by atoms with E-state index in [1.54, 1.807) is 30.1 Å². The minimum Gasteiger partial charge on any atom is -0.332 e. The summed E-state index contributed by atoms with van der Waals surface area (Å²) < 4.78 is 1.85. The molecule has 6 heteroatoms. The molecule has 1 heterocycles. The third-order valence-electron chi connectivity index (χ3n) is 3.99. The molecule has 0 radical (unpaired) electrons. The van der Waals surface area contributed by atoms with Crippen molar-refractivity contribution in [2.45, 2.75) is 13.5 Å². The summed E-state index contributed by atoms with van der Waals surface area (Å²) in [7, 11) is 1.72. The number of rotatable bonds is 3. The summed E-state index contributed by atoms with van der Waals surface area (Å²) >= 11 is 5.22. The molecule has 0 unspecified atom stereocenters. The largest absolute Gasteiger partial charge is 0.332 e. The summed E-state index contributed by atoms with van der Waals surface area (Å²) in [6.07, 6.45) is 0. The Hall–Kier alpha value is -2.73. The maximum absolute atomic E-state index is 12.7. The summed E-state index contributed by atoms with van der Waals surface area (Å²) in [5, 5.41) is 0.518. The van der Waals surface area contributed by atoms with E-state index >= 15 is 0 Å². The molecule has 122 valence electrons. The Bertz CT molecular complexity index is 1020. The number of hydrogen-bond donors (Lipinski definition) is 1. The first-order chi connectivity index (χ1) is 11.5. The van der Waals surface area contributed by atoms with Gasteiger partial charge >= 0.3 is 0 Å². The van der Waals surface area contributed by atoms with Gasteiger partial charge in [-0.05, 0) is 49.5 Å². The first-order valence-corrected chi connectivity index (χ1v) is 8.03. The number of fused-ring (bicyclic) bond motifs is 1. The summed E-state index contributed by atoms with van der Waals surface area (Å²) in [5.74, 6) is -0.151. The number of aromatic amines is 1. The van der Waals surface area contributed by atoms with Crippen LogP contribution in [0, 0.1) is 4.77 Å². The number of nitrogens with zero attached hydrogens (tertiary/aromatic N) is 2. The van der Waals surface area contributed by atoms with Crippen LogP contribution in [0.3, 0.4) is 0 Å². The molecule has 1 aromatic heterocycles. The number of nitrogens with one attached hydrogen (secondary N) is 1. The van der Waals surface area contributed by atoms with Gasteiger partial charge in [0, 0.05) is 24.8 Å². The number of para-hydroxylation sites is 1. The van der Waals surface area contributed by atoms with Crippen LogP contribution < -0.4 is 10.5 Å². The molecule has 0 aliphatic carbocycles. The van der Waals surface area contributed by atoms with Crippen LogP contribution in [0.5, 0.6) is 0 Å². The van der Waals surface area contributed by atoms with Crippen molar-refractivity contribution in [1.82, 2.24) is 9.55 Å². The fourth-order valence-corrected chi connectivity index (χ4v) is 2.96. The highest BCUT2D eigenvalue weighted by atomic mass is 32.1. The van der Waals surface area contributed by atoms with E-state index in [4.69, 9.17) is 12.2 Å². The number of carbonyl (C=O) groups excluding carboxylic acids is 1. The molecule has 24 heavy (non-hydrogen) atoms. The van der Waals surface area contributed by atoms with Crippen LogP contribution in [-0.2, 0) is 6.54 Å². The van der Waals surface area contributed by atoms with Gasteiger partial charge in [0.2, 0.25) is 0 Å². The minimum atomic E-state index is -0.151. The Morgan fingerprint density at radius 1 is 1.21 bits per heavy atom. The van der Waals surface area contributed by atoms with E-state index in [-0.39, 0.29) is 11.5 Å². The Balaban J connectivity index is 2.07. The zero-order chi connectivity index (χ0) is 17.3. The van der Waals surface area contributed by atoms with Crippen LogP contribution in [0.1, 0.15) is 17.3 Å². The van der Waals surface area contributed by atoms with Gasteiger partial charge < -0.3 is 9.88 Å². The second-order valence-electron chi connectivity index (χ2n) is 5.44. The van der Waals surface area contributed by atoms with Crippen molar-refractivity contribution < 1.29 is 4.79 Å². The molecule has 1 N–H and O–H groups in total. The molecule has 5 nitrogen and oxygen atoms in total.